The van der Waals surface area contributed by atoms with Gasteiger partial charge in [-0.2, -0.15) is 0 Å². The highest BCUT2D eigenvalue weighted by Crippen LogP contribution is 2.49. The van der Waals surface area contributed by atoms with Gasteiger partial charge in [0.25, 0.3) is 0 Å². The molecule has 0 radical (unpaired) electrons. The molecule has 1 atom stereocenters. The molecule has 4 heteroatoms. The lowest BCUT2D eigenvalue weighted by molar-refractivity contribution is -0.141. The first kappa shape index (κ1) is 12.2. The van der Waals surface area contributed by atoms with Crippen LogP contribution in [-0.2, 0) is 15.0 Å². The van der Waals surface area contributed by atoms with Gasteiger partial charge in [-0.05, 0) is 18.4 Å². The van der Waals surface area contributed by atoms with Gasteiger partial charge in [0.05, 0.1) is 5.92 Å². The Morgan fingerprint density at radius 1 is 1.32 bits per heavy atom. The largest absolute Gasteiger partial charge is 0.481 e. The number of carbonyl (C=O) groups excluding carboxylic acids is 1. The Hall–Kier alpha value is -1.84. The second kappa shape index (κ2) is 4.37. The minimum Gasteiger partial charge on any atom is -0.481 e. The Kier molecular flexibility index (Phi) is 2.81. The van der Waals surface area contributed by atoms with Gasteiger partial charge in [-0.1, -0.05) is 30.3 Å². The molecule has 1 amide bonds. The predicted octanol–water partition coefficient (Wildman–Crippen LogP) is 1.65. The Balaban J connectivity index is 1.72. The van der Waals surface area contributed by atoms with Crippen molar-refractivity contribution in [2.45, 2.75) is 24.7 Å². The molecule has 1 aliphatic heterocycles. The summed E-state index contributed by atoms with van der Waals surface area (Å²) in [7, 11) is 0. The summed E-state index contributed by atoms with van der Waals surface area (Å²) in [5.41, 5.74) is 1.34. The number of carboxylic acid groups (broad SMARTS) is 1. The second-order valence-electron chi connectivity index (χ2n) is 5.66. The Morgan fingerprint density at radius 3 is 2.53 bits per heavy atom. The van der Waals surface area contributed by atoms with E-state index < -0.39 is 11.9 Å². The lowest BCUT2D eigenvalue weighted by Gasteiger charge is -2.24. The van der Waals surface area contributed by atoms with Crippen LogP contribution >= 0.6 is 0 Å². The van der Waals surface area contributed by atoms with Gasteiger partial charge in [0.1, 0.15) is 0 Å². The molecule has 1 saturated carbocycles. The van der Waals surface area contributed by atoms with Crippen LogP contribution in [0.2, 0.25) is 0 Å². The van der Waals surface area contributed by atoms with Crippen molar-refractivity contribution in [3.05, 3.63) is 35.9 Å². The maximum absolute atomic E-state index is 11.9. The van der Waals surface area contributed by atoms with E-state index in [1.54, 1.807) is 4.90 Å². The first-order valence-electron chi connectivity index (χ1n) is 6.67. The molecule has 1 heterocycles. The molecular formula is C15H17NO3. The molecule has 4 nitrogen and oxygen atoms in total. The zero-order valence-corrected chi connectivity index (χ0v) is 10.7. The smallest absolute Gasteiger partial charge is 0.308 e. The summed E-state index contributed by atoms with van der Waals surface area (Å²) in [6, 6.07) is 10.2. The van der Waals surface area contributed by atoms with E-state index in [0.717, 1.165) is 12.8 Å². The molecule has 0 aromatic heterocycles. The molecule has 0 spiro atoms. The van der Waals surface area contributed by atoms with Gasteiger partial charge in [-0.3, -0.25) is 9.59 Å². The van der Waals surface area contributed by atoms with Gasteiger partial charge in [0.15, 0.2) is 0 Å². The van der Waals surface area contributed by atoms with Crippen LogP contribution in [0.4, 0.5) is 0 Å². The van der Waals surface area contributed by atoms with E-state index in [9.17, 15) is 9.59 Å². The van der Waals surface area contributed by atoms with Crippen molar-refractivity contribution in [2.24, 2.45) is 5.92 Å². The predicted molar refractivity (Wildman–Crippen MR) is 69.7 cm³/mol. The third-order valence-corrected chi connectivity index (χ3v) is 4.30. The fraction of sp³-hybridized carbons (Fsp3) is 0.467. The van der Waals surface area contributed by atoms with Crippen LogP contribution < -0.4 is 0 Å². The normalized spacial score (nSPS) is 24.5. The molecule has 3 rings (SSSR count). The minimum absolute atomic E-state index is 0.0189. The van der Waals surface area contributed by atoms with Crippen molar-refractivity contribution in [2.75, 3.05) is 13.1 Å². The van der Waals surface area contributed by atoms with Gasteiger partial charge < -0.3 is 10.0 Å². The van der Waals surface area contributed by atoms with E-state index in [-0.39, 0.29) is 17.7 Å². The van der Waals surface area contributed by atoms with Gasteiger partial charge in [-0.15, -0.1) is 0 Å². The molecule has 19 heavy (non-hydrogen) atoms. The Labute approximate surface area is 112 Å². The molecule has 1 unspecified atom stereocenters. The van der Waals surface area contributed by atoms with E-state index in [1.807, 2.05) is 18.2 Å². The highest BCUT2D eigenvalue weighted by atomic mass is 16.4. The summed E-state index contributed by atoms with van der Waals surface area (Å²) in [4.78, 5) is 24.6. The maximum Gasteiger partial charge on any atom is 0.308 e. The molecular weight excluding hydrogens is 242 g/mol. The van der Waals surface area contributed by atoms with Gasteiger partial charge in [0, 0.05) is 24.9 Å². The van der Waals surface area contributed by atoms with Gasteiger partial charge in [0.2, 0.25) is 5.91 Å². The van der Waals surface area contributed by atoms with Crippen molar-refractivity contribution < 1.29 is 14.7 Å². The van der Waals surface area contributed by atoms with Crippen LogP contribution in [0.25, 0.3) is 0 Å². The van der Waals surface area contributed by atoms with Crippen molar-refractivity contribution in [3.63, 3.8) is 0 Å². The first-order valence-corrected chi connectivity index (χ1v) is 6.67. The number of amides is 1. The van der Waals surface area contributed by atoms with Crippen LogP contribution in [0, 0.1) is 5.92 Å². The van der Waals surface area contributed by atoms with E-state index in [2.05, 4.69) is 12.1 Å². The first-order chi connectivity index (χ1) is 9.11. The van der Waals surface area contributed by atoms with Crippen LogP contribution in [0.1, 0.15) is 24.8 Å². The van der Waals surface area contributed by atoms with Crippen LogP contribution in [0.15, 0.2) is 30.3 Å². The fourth-order valence-corrected chi connectivity index (χ4v) is 2.94. The van der Waals surface area contributed by atoms with Crippen LogP contribution in [0.5, 0.6) is 0 Å². The fourth-order valence-electron chi connectivity index (χ4n) is 2.94. The number of likely N-dealkylation sites (tertiary alicyclic amines) is 1. The number of nitrogens with zero attached hydrogens (tertiary/aromatic N) is 1. The molecule has 2 aliphatic rings. The number of aliphatic carboxylic acids is 1. The highest BCUT2D eigenvalue weighted by molar-refractivity contribution is 5.86. The zero-order valence-electron chi connectivity index (χ0n) is 10.7. The monoisotopic (exact) mass is 259 g/mol. The quantitative estimate of drug-likeness (QED) is 0.894. The maximum atomic E-state index is 11.9. The summed E-state index contributed by atoms with van der Waals surface area (Å²) in [5.74, 6) is -1.41. The molecule has 1 aromatic carbocycles. The summed E-state index contributed by atoms with van der Waals surface area (Å²) >= 11 is 0. The van der Waals surface area contributed by atoms with Crippen molar-refractivity contribution >= 4 is 11.9 Å². The number of benzene rings is 1. The summed E-state index contributed by atoms with van der Waals surface area (Å²) in [6.07, 6.45) is 2.32. The van der Waals surface area contributed by atoms with Crippen molar-refractivity contribution in [3.8, 4) is 0 Å². The van der Waals surface area contributed by atoms with Crippen molar-refractivity contribution in [1.29, 1.82) is 0 Å². The molecule has 1 saturated heterocycles. The zero-order chi connectivity index (χ0) is 13.5. The number of hydrogen-bond donors (Lipinski definition) is 1. The summed E-state index contributed by atoms with van der Waals surface area (Å²) in [6.45, 7) is 1.03. The van der Waals surface area contributed by atoms with E-state index in [1.165, 1.54) is 5.56 Å². The third kappa shape index (κ3) is 2.23. The molecule has 1 aliphatic carbocycles. The average Bonchev–Trinajstić information content (AvgIpc) is 3.10. The highest BCUT2D eigenvalue weighted by Gasteiger charge is 2.48. The second-order valence-corrected chi connectivity index (χ2v) is 5.66. The Bertz CT molecular complexity index is 507. The average molecular weight is 259 g/mol. The standard InChI is InChI=1S/C15H17NO3/c17-13-8-11(14(18)19)9-16(13)10-15(6-7-15)12-4-2-1-3-5-12/h1-5,11H,6-10H2,(H,18,19). The van der Waals surface area contributed by atoms with Crippen molar-refractivity contribution in [1.82, 2.24) is 4.90 Å². The van der Waals surface area contributed by atoms with E-state index in [4.69, 9.17) is 5.11 Å². The number of carboxylic acids is 1. The molecule has 1 aromatic rings. The van der Waals surface area contributed by atoms with Crippen LogP contribution in [-0.4, -0.2) is 35.0 Å². The number of rotatable bonds is 4. The Morgan fingerprint density at radius 2 is 2.00 bits per heavy atom. The topological polar surface area (TPSA) is 57.6 Å². The molecule has 100 valence electrons. The third-order valence-electron chi connectivity index (χ3n) is 4.30. The van der Waals surface area contributed by atoms with E-state index >= 15 is 0 Å². The number of hydrogen-bond acceptors (Lipinski definition) is 2. The SMILES string of the molecule is O=C(O)C1CC(=O)N(CC2(c3ccccc3)CC2)C1. The molecule has 0 bridgehead atoms. The molecule has 2 fully saturated rings. The van der Waals surface area contributed by atoms with Gasteiger partial charge >= 0.3 is 5.97 Å². The summed E-state index contributed by atoms with van der Waals surface area (Å²) in [5, 5.41) is 9.00. The number of carbonyl (C=O) groups is 2. The van der Waals surface area contributed by atoms with E-state index in [0.29, 0.717) is 13.1 Å². The molecule has 1 N–H and O–H groups in total. The lowest BCUT2D eigenvalue weighted by Crippen LogP contribution is -2.34. The lowest BCUT2D eigenvalue weighted by atomic mass is 9.95. The van der Waals surface area contributed by atoms with Crippen LogP contribution in [0.3, 0.4) is 0 Å². The summed E-state index contributed by atoms with van der Waals surface area (Å²) < 4.78 is 0. The minimum atomic E-state index is -0.861. The van der Waals surface area contributed by atoms with Gasteiger partial charge in [-0.25, -0.2) is 0 Å².